The van der Waals surface area contributed by atoms with Crippen LogP contribution in [0.2, 0.25) is 0 Å². The van der Waals surface area contributed by atoms with Crippen LogP contribution in [0.25, 0.3) is 0 Å². The van der Waals surface area contributed by atoms with Crippen LogP contribution in [-0.2, 0) is 17.8 Å². The summed E-state index contributed by atoms with van der Waals surface area (Å²) >= 11 is 0. The summed E-state index contributed by atoms with van der Waals surface area (Å²) in [6.45, 7) is 3.38. The van der Waals surface area contributed by atoms with Gasteiger partial charge in [-0.1, -0.05) is 12.1 Å². The number of hydrogen-bond donors (Lipinski definition) is 0. The highest BCUT2D eigenvalue weighted by Crippen LogP contribution is 2.20. The Bertz CT molecular complexity index is 961. The molecule has 0 saturated carbocycles. The highest BCUT2D eigenvalue weighted by atomic mass is 16.5. The first-order valence-electron chi connectivity index (χ1n) is 10.2. The minimum atomic E-state index is -0.0610. The zero-order chi connectivity index (χ0) is 22.1. The summed E-state index contributed by atoms with van der Waals surface area (Å²) in [6.07, 6.45) is 3.41. The van der Waals surface area contributed by atoms with Gasteiger partial charge in [-0.3, -0.25) is 9.78 Å². The number of ether oxygens (including phenoxy) is 3. The van der Waals surface area contributed by atoms with Gasteiger partial charge in [-0.25, -0.2) is 0 Å². The number of rotatable bonds is 10. The maximum absolute atomic E-state index is 13.3. The molecule has 0 aliphatic heterocycles. The first-order valence-corrected chi connectivity index (χ1v) is 10.2. The number of benzene rings is 2. The first-order chi connectivity index (χ1) is 15.1. The van der Waals surface area contributed by atoms with Crippen LogP contribution in [0, 0.1) is 0 Å². The summed E-state index contributed by atoms with van der Waals surface area (Å²) in [7, 11) is 3.26. The molecule has 162 valence electrons. The predicted molar refractivity (Wildman–Crippen MR) is 119 cm³/mol. The van der Waals surface area contributed by atoms with Gasteiger partial charge in [-0.05, 0) is 66.6 Å². The largest absolute Gasteiger partial charge is 0.497 e. The number of aromatic nitrogens is 1. The maximum atomic E-state index is 13.3. The predicted octanol–water partition coefficient (Wildman–Crippen LogP) is 4.35. The number of hydrogen-bond acceptors (Lipinski definition) is 5. The van der Waals surface area contributed by atoms with Gasteiger partial charge in [0.25, 0.3) is 5.91 Å². The number of nitrogens with zero attached hydrogens (tertiary/aromatic N) is 2. The molecule has 6 heteroatoms. The Morgan fingerprint density at radius 1 is 0.935 bits per heavy atom. The van der Waals surface area contributed by atoms with E-state index in [9.17, 15) is 4.79 Å². The molecule has 1 heterocycles. The van der Waals surface area contributed by atoms with Gasteiger partial charge in [0.05, 0.1) is 13.7 Å². The normalized spacial score (nSPS) is 11.6. The van der Waals surface area contributed by atoms with Gasteiger partial charge >= 0.3 is 0 Å². The minimum Gasteiger partial charge on any atom is -0.497 e. The smallest absolute Gasteiger partial charge is 0.254 e. The fourth-order valence-corrected chi connectivity index (χ4v) is 3.26. The SMILES string of the molecule is COC[C@H](C)Oc1cccc(CN(Cc2ccncc2)C(=O)c2ccc(OC)cc2)c1. The Hall–Kier alpha value is -3.38. The van der Waals surface area contributed by atoms with Gasteiger partial charge in [0, 0.05) is 38.2 Å². The van der Waals surface area contributed by atoms with Crippen molar-refractivity contribution in [1.82, 2.24) is 9.88 Å². The molecule has 0 saturated heterocycles. The van der Waals surface area contributed by atoms with Crippen molar-refractivity contribution in [3.8, 4) is 11.5 Å². The van der Waals surface area contributed by atoms with Crippen LogP contribution in [0.15, 0.2) is 73.1 Å². The number of methoxy groups -OCH3 is 2. The van der Waals surface area contributed by atoms with E-state index in [0.717, 1.165) is 16.9 Å². The molecule has 2 aromatic carbocycles. The van der Waals surface area contributed by atoms with Crippen LogP contribution < -0.4 is 9.47 Å². The lowest BCUT2D eigenvalue weighted by molar-refractivity contribution is 0.0729. The highest BCUT2D eigenvalue weighted by molar-refractivity contribution is 5.94. The Morgan fingerprint density at radius 3 is 2.32 bits per heavy atom. The average molecular weight is 421 g/mol. The Morgan fingerprint density at radius 2 is 1.65 bits per heavy atom. The second kappa shape index (κ2) is 11.1. The van der Waals surface area contributed by atoms with Crippen molar-refractivity contribution in [2.45, 2.75) is 26.1 Å². The third kappa shape index (κ3) is 6.55. The third-order valence-electron chi connectivity index (χ3n) is 4.76. The van der Waals surface area contributed by atoms with Gasteiger partial charge in [0.1, 0.15) is 17.6 Å². The molecular formula is C25H28N2O4. The van der Waals surface area contributed by atoms with Crippen LogP contribution in [0.5, 0.6) is 11.5 Å². The van der Waals surface area contributed by atoms with Crippen molar-refractivity contribution < 1.29 is 19.0 Å². The molecule has 0 unspecified atom stereocenters. The standard InChI is InChI=1S/C25H28N2O4/c1-19(18-29-2)31-24-6-4-5-21(15-24)17-27(16-20-11-13-26-14-12-20)25(28)22-7-9-23(30-3)10-8-22/h4-15,19H,16-18H2,1-3H3/t19-/m0/s1. The molecule has 0 fully saturated rings. The fraction of sp³-hybridized carbons (Fsp3) is 0.280. The van der Waals surface area contributed by atoms with Crippen molar-refractivity contribution in [3.63, 3.8) is 0 Å². The van der Waals surface area contributed by atoms with E-state index in [0.29, 0.717) is 31.0 Å². The van der Waals surface area contributed by atoms with Gasteiger partial charge in [-0.15, -0.1) is 0 Å². The Balaban J connectivity index is 1.81. The van der Waals surface area contributed by atoms with E-state index in [1.54, 1.807) is 50.9 Å². The molecule has 0 spiro atoms. The van der Waals surface area contributed by atoms with Gasteiger partial charge in [-0.2, -0.15) is 0 Å². The molecule has 0 aliphatic carbocycles. The lowest BCUT2D eigenvalue weighted by Gasteiger charge is -2.24. The zero-order valence-electron chi connectivity index (χ0n) is 18.2. The highest BCUT2D eigenvalue weighted by Gasteiger charge is 2.17. The lowest BCUT2D eigenvalue weighted by atomic mass is 10.1. The van der Waals surface area contributed by atoms with Crippen LogP contribution >= 0.6 is 0 Å². The molecule has 0 radical (unpaired) electrons. The van der Waals surface area contributed by atoms with Crippen LogP contribution in [-0.4, -0.2) is 42.7 Å². The summed E-state index contributed by atoms with van der Waals surface area (Å²) in [6, 6.07) is 18.8. The number of carbonyl (C=O) groups excluding carboxylic acids is 1. The molecule has 31 heavy (non-hydrogen) atoms. The van der Waals surface area contributed by atoms with E-state index in [1.165, 1.54) is 0 Å². The summed E-state index contributed by atoms with van der Waals surface area (Å²) in [5, 5.41) is 0. The van der Waals surface area contributed by atoms with Gasteiger partial charge in [0.2, 0.25) is 0 Å². The van der Waals surface area contributed by atoms with E-state index in [-0.39, 0.29) is 12.0 Å². The average Bonchev–Trinajstić information content (AvgIpc) is 2.79. The van der Waals surface area contributed by atoms with E-state index in [2.05, 4.69) is 4.98 Å². The monoisotopic (exact) mass is 420 g/mol. The summed E-state index contributed by atoms with van der Waals surface area (Å²) in [4.78, 5) is 19.2. The number of pyridine rings is 1. The van der Waals surface area contributed by atoms with Crippen molar-refractivity contribution in [2.24, 2.45) is 0 Å². The Kier molecular flexibility index (Phi) is 8.01. The van der Waals surface area contributed by atoms with E-state index < -0.39 is 0 Å². The molecule has 3 rings (SSSR count). The molecule has 1 atom stereocenters. The zero-order valence-corrected chi connectivity index (χ0v) is 18.2. The van der Waals surface area contributed by atoms with E-state index in [1.807, 2.05) is 48.2 Å². The molecule has 1 amide bonds. The third-order valence-corrected chi connectivity index (χ3v) is 4.76. The van der Waals surface area contributed by atoms with Crippen LogP contribution in [0.1, 0.15) is 28.4 Å². The lowest BCUT2D eigenvalue weighted by Crippen LogP contribution is -2.30. The minimum absolute atomic E-state index is 0.0569. The quantitative estimate of drug-likeness (QED) is 0.488. The molecule has 6 nitrogen and oxygen atoms in total. The molecule has 3 aromatic rings. The van der Waals surface area contributed by atoms with Crippen molar-refractivity contribution >= 4 is 5.91 Å². The van der Waals surface area contributed by atoms with Gasteiger partial charge in [0.15, 0.2) is 0 Å². The van der Waals surface area contributed by atoms with Gasteiger partial charge < -0.3 is 19.1 Å². The topological polar surface area (TPSA) is 60.9 Å². The number of amides is 1. The van der Waals surface area contributed by atoms with E-state index >= 15 is 0 Å². The molecule has 0 N–H and O–H groups in total. The Labute approximate surface area is 183 Å². The summed E-state index contributed by atoms with van der Waals surface area (Å²) < 4.78 is 16.3. The van der Waals surface area contributed by atoms with Crippen LogP contribution in [0.4, 0.5) is 0 Å². The summed E-state index contributed by atoms with van der Waals surface area (Å²) in [5.41, 5.74) is 2.60. The van der Waals surface area contributed by atoms with Crippen LogP contribution in [0.3, 0.4) is 0 Å². The second-order valence-electron chi connectivity index (χ2n) is 7.28. The van der Waals surface area contributed by atoms with Crippen molar-refractivity contribution in [3.05, 3.63) is 89.7 Å². The first kappa shape index (κ1) is 22.3. The maximum Gasteiger partial charge on any atom is 0.254 e. The molecule has 0 aliphatic rings. The second-order valence-corrected chi connectivity index (χ2v) is 7.28. The molecule has 1 aromatic heterocycles. The summed E-state index contributed by atoms with van der Waals surface area (Å²) in [5.74, 6) is 1.41. The number of carbonyl (C=O) groups is 1. The fourth-order valence-electron chi connectivity index (χ4n) is 3.26. The van der Waals surface area contributed by atoms with Crippen molar-refractivity contribution in [2.75, 3.05) is 20.8 Å². The molecule has 0 bridgehead atoms. The molecular weight excluding hydrogens is 392 g/mol. The van der Waals surface area contributed by atoms with Crippen molar-refractivity contribution in [1.29, 1.82) is 0 Å². The van der Waals surface area contributed by atoms with E-state index in [4.69, 9.17) is 14.2 Å².